The van der Waals surface area contributed by atoms with E-state index in [0.717, 1.165) is 38.5 Å². The zero-order chi connectivity index (χ0) is 13.5. The molecule has 0 radical (unpaired) electrons. The number of benzene rings is 1. The maximum Gasteiger partial charge on any atom is 0.119 e. The van der Waals surface area contributed by atoms with Crippen LogP contribution in [0.4, 0.5) is 0 Å². The van der Waals surface area contributed by atoms with Crippen molar-refractivity contribution in [3.05, 3.63) is 29.8 Å². The number of nitrogens with zero attached hydrogens (tertiary/aromatic N) is 1. The lowest BCUT2D eigenvalue weighted by Crippen LogP contribution is -3.00. The summed E-state index contributed by atoms with van der Waals surface area (Å²) in [6.45, 7) is 6.41. The van der Waals surface area contributed by atoms with E-state index in [0.29, 0.717) is 13.2 Å². The van der Waals surface area contributed by atoms with Crippen molar-refractivity contribution in [1.82, 2.24) is 4.90 Å². The zero-order valence-electron chi connectivity index (χ0n) is 11.9. The average Bonchev–Trinajstić information content (AvgIpc) is 2.47. The first-order valence-corrected chi connectivity index (χ1v) is 6.98. The lowest BCUT2D eigenvalue weighted by Gasteiger charge is -2.28. The summed E-state index contributed by atoms with van der Waals surface area (Å²) in [6.07, 6.45) is 0.573. The molecule has 1 unspecified atom stereocenters. The van der Waals surface area contributed by atoms with Crippen molar-refractivity contribution < 1.29 is 27.0 Å². The summed E-state index contributed by atoms with van der Waals surface area (Å²) in [7, 11) is 0. The summed E-state index contributed by atoms with van der Waals surface area (Å²) in [5.74, 6) is 0.818. The molecule has 114 valence electrons. The quantitative estimate of drug-likeness (QED) is 0.682. The van der Waals surface area contributed by atoms with Gasteiger partial charge in [-0.25, -0.2) is 0 Å². The zero-order valence-corrected chi connectivity index (χ0v) is 12.7. The second kappa shape index (κ2) is 9.19. The average molecular weight is 301 g/mol. The van der Waals surface area contributed by atoms with Crippen LogP contribution in [0.5, 0.6) is 5.75 Å². The largest absolute Gasteiger partial charge is 1.00 e. The number of aliphatic hydroxyl groups excluding tert-OH is 1. The predicted molar refractivity (Wildman–Crippen MR) is 74.6 cm³/mol. The van der Waals surface area contributed by atoms with Gasteiger partial charge in [-0.15, -0.1) is 0 Å². The van der Waals surface area contributed by atoms with Gasteiger partial charge in [-0.1, -0.05) is 19.1 Å². The molecule has 1 aromatic rings. The Kier molecular flexibility index (Phi) is 7.92. The van der Waals surface area contributed by atoms with Gasteiger partial charge in [0.2, 0.25) is 0 Å². The summed E-state index contributed by atoms with van der Waals surface area (Å²) in [5.41, 5.74) is 1.29. The summed E-state index contributed by atoms with van der Waals surface area (Å²) in [6, 6.07) is 8.04. The molecule has 1 fully saturated rings. The van der Waals surface area contributed by atoms with Gasteiger partial charge >= 0.3 is 0 Å². The van der Waals surface area contributed by atoms with Crippen LogP contribution in [-0.4, -0.2) is 55.6 Å². The molecule has 1 aromatic carbocycles. The highest BCUT2D eigenvalue weighted by Gasteiger charge is 2.15. The molecule has 1 atom stereocenters. The molecular weight excluding hydrogens is 278 g/mol. The van der Waals surface area contributed by atoms with E-state index >= 15 is 0 Å². The van der Waals surface area contributed by atoms with E-state index in [1.54, 1.807) is 0 Å². The number of rotatable bonds is 6. The van der Waals surface area contributed by atoms with Gasteiger partial charge in [-0.2, -0.15) is 0 Å². The monoisotopic (exact) mass is 300 g/mol. The highest BCUT2D eigenvalue weighted by atomic mass is 35.5. The summed E-state index contributed by atoms with van der Waals surface area (Å²) < 4.78 is 10.9. The van der Waals surface area contributed by atoms with Crippen LogP contribution >= 0.6 is 0 Å². The third-order valence-corrected chi connectivity index (χ3v) is 3.35. The lowest BCUT2D eigenvalue weighted by atomic mass is 10.2. The first-order chi connectivity index (χ1) is 9.28. The summed E-state index contributed by atoms with van der Waals surface area (Å²) in [4.78, 5) is 2.21. The summed E-state index contributed by atoms with van der Waals surface area (Å²) >= 11 is 0. The van der Waals surface area contributed by atoms with E-state index in [1.165, 1.54) is 5.56 Å². The number of halogens is 1. The molecule has 5 heteroatoms. The van der Waals surface area contributed by atoms with Crippen molar-refractivity contribution in [2.45, 2.75) is 19.4 Å². The van der Waals surface area contributed by atoms with Crippen molar-refractivity contribution in [2.75, 3.05) is 39.5 Å². The molecule has 1 aliphatic rings. The number of β-amino-alcohol motifs (C(OH)–C–C–N with tert-alkyl or cyclic N) is 1. The van der Waals surface area contributed by atoms with Gasteiger partial charge in [0, 0.05) is 19.6 Å². The van der Waals surface area contributed by atoms with Crippen LogP contribution < -0.4 is 17.1 Å². The molecule has 0 aliphatic carbocycles. The van der Waals surface area contributed by atoms with Crippen molar-refractivity contribution in [3.63, 3.8) is 0 Å². The van der Waals surface area contributed by atoms with E-state index in [2.05, 4.69) is 24.0 Å². The highest BCUT2D eigenvalue weighted by molar-refractivity contribution is 5.27. The van der Waals surface area contributed by atoms with E-state index in [4.69, 9.17) is 9.47 Å². The Balaban J connectivity index is 0.00000200. The predicted octanol–water partition coefficient (Wildman–Crippen LogP) is -1.68. The Morgan fingerprint density at radius 2 is 1.90 bits per heavy atom. The molecule has 20 heavy (non-hydrogen) atoms. The molecule has 1 heterocycles. The number of aliphatic hydroxyl groups is 1. The second-order valence-corrected chi connectivity index (χ2v) is 4.88. The van der Waals surface area contributed by atoms with Crippen LogP contribution in [0, 0.1) is 0 Å². The number of aryl methyl sites for hydroxylation is 1. The third kappa shape index (κ3) is 5.67. The number of morpholine rings is 1. The normalized spacial score (nSPS) is 17.3. The van der Waals surface area contributed by atoms with E-state index in [-0.39, 0.29) is 12.4 Å². The third-order valence-electron chi connectivity index (χ3n) is 3.35. The van der Waals surface area contributed by atoms with Gasteiger partial charge in [0.15, 0.2) is 0 Å². The van der Waals surface area contributed by atoms with Gasteiger partial charge in [-0.3, -0.25) is 4.90 Å². The molecule has 2 rings (SSSR count). The second-order valence-electron chi connectivity index (χ2n) is 4.88. The van der Waals surface area contributed by atoms with Gasteiger partial charge in [0.05, 0.1) is 13.2 Å². The fraction of sp³-hybridized carbons (Fsp3) is 0.600. The SMILES string of the molecule is CCc1ccc(OCC(O)CN2CCOCC2)cc1.[Cl-]. The van der Waals surface area contributed by atoms with Crippen molar-refractivity contribution in [1.29, 1.82) is 0 Å². The number of hydrogen-bond acceptors (Lipinski definition) is 4. The Hall–Kier alpha value is -0.810. The Morgan fingerprint density at radius 3 is 2.50 bits per heavy atom. The van der Waals surface area contributed by atoms with Gasteiger partial charge < -0.3 is 27.0 Å². The minimum absolute atomic E-state index is 0. The van der Waals surface area contributed by atoms with Crippen LogP contribution in [0.3, 0.4) is 0 Å². The molecule has 1 saturated heterocycles. The molecule has 0 spiro atoms. The van der Waals surface area contributed by atoms with Crippen LogP contribution in [-0.2, 0) is 11.2 Å². The van der Waals surface area contributed by atoms with E-state index < -0.39 is 6.10 Å². The smallest absolute Gasteiger partial charge is 0.119 e. The Bertz CT molecular complexity index is 366. The first kappa shape index (κ1) is 17.2. The van der Waals surface area contributed by atoms with Gasteiger partial charge in [0.25, 0.3) is 0 Å². The minimum Gasteiger partial charge on any atom is -1.00 e. The fourth-order valence-electron chi connectivity index (χ4n) is 2.15. The summed E-state index contributed by atoms with van der Waals surface area (Å²) in [5, 5.41) is 9.96. The molecular formula is C15H23ClNO3-. The van der Waals surface area contributed by atoms with Gasteiger partial charge in [0.1, 0.15) is 18.5 Å². The highest BCUT2D eigenvalue weighted by Crippen LogP contribution is 2.13. The van der Waals surface area contributed by atoms with Crippen LogP contribution in [0.1, 0.15) is 12.5 Å². The topological polar surface area (TPSA) is 41.9 Å². The van der Waals surface area contributed by atoms with Crippen molar-refractivity contribution >= 4 is 0 Å². The molecule has 0 saturated carbocycles. The molecule has 1 N–H and O–H groups in total. The standard InChI is InChI=1S/C15H23NO3.ClH/c1-2-13-3-5-15(6-4-13)19-12-14(17)11-16-7-9-18-10-8-16;/h3-6,14,17H,2,7-12H2,1H3;1H/p-1. The maximum atomic E-state index is 9.96. The molecule has 0 amide bonds. The van der Waals surface area contributed by atoms with Crippen LogP contribution in [0.2, 0.25) is 0 Å². The Morgan fingerprint density at radius 1 is 1.25 bits per heavy atom. The van der Waals surface area contributed by atoms with E-state index in [9.17, 15) is 5.11 Å². The van der Waals surface area contributed by atoms with Gasteiger partial charge in [-0.05, 0) is 24.1 Å². The van der Waals surface area contributed by atoms with Crippen molar-refractivity contribution in [3.8, 4) is 5.75 Å². The number of ether oxygens (including phenoxy) is 2. The van der Waals surface area contributed by atoms with E-state index in [1.807, 2.05) is 12.1 Å². The number of hydrogen-bond donors (Lipinski definition) is 1. The van der Waals surface area contributed by atoms with Crippen molar-refractivity contribution in [2.24, 2.45) is 0 Å². The molecule has 1 aliphatic heterocycles. The van der Waals surface area contributed by atoms with Crippen LogP contribution in [0.25, 0.3) is 0 Å². The maximum absolute atomic E-state index is 9.96. The fourth-order valence-corrected chi connectivity index (χ4v) is 2.15. The Labute approximate surface area is 127 Å². The minimum atomic E-state index is -0.455. The van der Waals surface area contributed by atoms with Crippen LogP contribution in [0.15, 0.2) is 24.3 Å². The molecule has 0 aromatic heterocycles. The molecule has 4 nitrogen and oxygen atoms in total. The lowest BCUT2D eigenvalue weighted by molar-refractivity contribution is -0.0000335. The molecule has 0 bridgehead atoms. The first-order valence-electron chi connectivity index (χ1n) is 6.98.